The van der Waals surface area contributed by atoms with Crippen LogP contribution in [0.1, 0.15) is 69.1 Å². The Morgan fingerprint density at radius 2 is 1.95 bits per heavy atom. The van der Waals surface area contributed by atoms with Crippen molar-refractivity contribution in [3.05, 3.63) is 51.2 Å². The summed E-state index contributed by atoms with van der Waals surface area (Å²) in [5.74, 6) is 0.668. The maximum Gasteiger partial charge on any atom is 0.331 e. The van der Waals surface area contributed by atoms with Gasteiger partial charge in [-0.2, -0.15) is 0 Å². The number of fused-ring (bicyclic) bond motifs is 1. The van der Waals surface area contributed by atoms with Crippen LogP contribution in [-0.2, 0) is 16.1 Å². The van der Waals surface area contributed by atoms with Gasteiger partial charge in [-0.3, -0.25) is 4.99 Å². The van der Waals surface area contributed by atoms with Crippen molar-refractivity contribution >= 4 is 35.4 Å². The van der Waals surface area contributed by atoms with Gasteiger partial charge in [0.1, 0.15) is 11.5 Å². The van der Waals surface area contributed by atoms with Crippen LogP contribution >= 0.6 is 23.2 Å². The number of allylic oxidation sites excluding steroid dienone is 1. The van der Waals surface area contributed by atoms with E-state index in [0.29, 0.717) is 51.7 Å². The number of dihydropyridines is 1. The number of aromatic nitrogens is 1. The predicted octanol–water partition coefficient (Wildman–Crippen LogP) is 6.21. The highest BCUT2D eigenvalue weighted by molar-refractivity contribution is 6.39. The first-order valence-corrected chi connectivity index (χ1v) is 14.2. The van der Waals surface area contributed by atoms with Crippen molar-refractivity contribution in [3.63, 3.8) is 0 Å². The Hall–Kier alpha value is -2.19. The minimum atomic E-state index is -1.05. The fraction of sp³-hybridized carbons (Fsp3) is 0.552. The largest absolute Gasteiger partial charge is 0.478 e. The standard InChI is InChI=1S/C29H30Cl2N2O5/c1-27(11-16(26(34)35)7-8-32-27)29(36)17-9-18-12-28(18,29)13-19(10-17)37-14-20-24(33-38-25(20)15-5-6-15)23-21(30)3-2-4-22(23)31/h2-4,7-8,15,17-19,36H,5-6,9-14H2,1H3,(H,34,35)/t17-,18?,19-,27?,28?,29-/m1/s1. The van der Waals surface area contributed by atoms with E-state index in [-0.39, 0.29) is 23.9 Å². The summed E-state index contributed by atoms with van der Waals surface area (Å²) < 4.78 is 12.4. The average molecular weight is 557 g/mol. The Labute approximate surface area is 230 Å². The Kier molecular flexibility index (Phi) is 5.49. The van der Waals surface area contributed by atoms with Crippen molar-refractivity contribution in [2.24, 2.45) is 22.2 Å². The lowest BCUT2D eigenvalue weighted by atomic mass is 9.58. The van der Waals surface area contributed by atoms with Crippen molar-refractivity contribution in [2.75, 3.05) is 0 Å². The SMILES string of the molecule is CC1([C@]2(O)[C@@H]3CC4CC42C[C@H](OCc2c(-c4c(Cl)cccc4Cl)noc2C2CC2)C3)CC(C(=O)O)=CC=N1. The second kappa shape index (κ2) is 8.40. The number of aliphatic imine (C=N–C) groups is 1. The third-order valence-electron chi connectivity index (χ3n) is 9.99. The molecule has 7 rings (SSSR count). The number of rotatable bonds is 7. The van der Waals surface area contributed by atoms with Crippen molar-refractivity contribution in [2.45, 2.75) is 81.6 Å². The molecular weight excluding hydrogens is 527 g/mol. The van der Waals surface area contributed by atoms with Crippen LogP contribution < -0.4 is 0 Å². The van der Waals surface area contributed by atoms with Gasteiger partial charge < -0.3 is 19.5 Å². The summed E-state index contributed by atoms with van der Waals surface area (Å²) in [6.07, 6.45) is 8.73. The van der Waals surface area contributed by atoms with Gasteiger partial charge in [0.2, 0.25) is 0 Å². The van der Waals surface area contributed by atoms with Gasteiger partial charge in [0.25, 0.3) is 0 Å². The number of aliphatic hydroxyl groups is 1. The Morgan fingerprint density at radius 3 is 2.63 bits per heavy atom. The summed E-state index contributed by atoms with van der Waals surface area (Å²) in [5, 5.41) is 27.4. The molecule has 4 saturated carbocycles. The molecule has 1 spiro atoms. The zero-order chi connectivity index (χ0) is 26.4. The molecule has 4 fully saturated rings. The number of carbonyl (C=O) groups is 1. The zero-order valence-corrected chi connectivity index (χ0v) is 22.6. The van der Waals surface area contributed by atoms with Gasteiger partial charge in [-0.1, -0.05) is 34.4 Å². The third-order valence-corrected chi connectivity index (χ3v) is 10.6. The van der Waals surface area contributed by atoms with Crippen LogP contribution in [0.5, 0.6) is 0 Å². The molecular formula is C29H30Cl2N2O5. The first kappa shape index (κ1) is 24.8. The third kappa shape index (κ3) is 3.44. The Balaban J connectivity index is 1.14. The molecule has 6 atom stereocenters. The fourth-order valence-corrected chi connectivity index (χ4v) is 8.63. The van der Waals surface area contributed by atoms with E-state index in [1.807, 2.05) is 13.0 Å². The number of hydrogen-bond acceptors (Lipinski definition) is 6. The topological polar surface area (TPSA) is 105 Å². The summed E-state index contributed by atoms with van der Waals surface area (Å²) in [6, 6.07) is 5.40. The molecule has 2 aromatic rings. The first-order chi connectivity index (χ1) is 18.2. The highest BCUT2D eigenvalue weighted by Crippen LogP contribution is 2.78. The van der Waals surface area contributed by atoms with Crippen molar-refractivity contribution in [3.8, 4) is 11.3 Å². The molecule has 38 heavy (non-hydrogen) atoms. The van der Waals surface area contributed by atoms with E-state index in [0.717, 1.165) is 43.4 Å². The average Bonchev–Trinajstić information content (AvgIpc) is 3.77. The van der Waals surface area contributed by atoms with Gasteiger partial charge >= 0.3 is 5.97 Å². The van der Waals surface area contributed by atoms with Crippen LogP contribution in [0.3, 0.4) is 0 Å². The highest BCUT2D eigenvalue weighted by atomic mass is 35.5. The van der Waals surface area contributed by atoms with Gasteiger partial charge in [-0.15, -0.1) is 0 Å². The van der Waals surface area contributed by atoms with Crippen LogP contribution in [0, 0.1) is 17.3 Å². The molecule has 1 aromatic carbocycles. The van der Waals surface area contributed by atoms with Crippen LogP contribution in [0.25, 0.3) is 11.3 Å². The zero-order valence-electron chi connectivity index (χ0n) is 21.1. The smallest absolute Gasteiger partial charge is 0.331 e. The van der Waals surface area contributed by atoms with E-state index >= 15 is 0 Å². The minimum Gasteiger partial charge on any atom is -0.478 e. The maximum atomic E-state index is 12.4. The molecule has 1 aliphatic heterocycles. The summed E-state index contributed by atoms with van der Waals surface area (Å²) in [5.41, 5.74) is 0.289. The highest BCUT2D eigenvalue weighted by Gasteiger charge is 2.80. The number of halogens is 2. The van der Waals surface area contributed by atoms with Gasteiger partial charge in [0.05, 0.1) is 33.9 Å². The quantitative estimate of drug-likeness (QED) is 0.420. The Bertz CT molecular complexity index is 1380. The maximum absolute atomic E-state index is 12.4. The van der Waals surface area contributed by atoms with E-state index in [2.05, 4.69) is 5.16 Å². The van der Waals surface area contributed by atoms with Gasteiger partial charge in [0.15, 0.2) is 0 Å². The second-order valence-electron chi connectivity index (χ2n) is 12.1. The molecule has 5 aliphatic rings. The number of hydrogen-bond donors (Lipinski definition) is 2. The van der Waals surface area contributed by atoms with Crippen LogP contribution in [0.4, 0.5) is 0 Å². The lowest BCUT2D eigenvalue weighted by molar-refractivity contribution is -0.168. The van der Waals surface area contributed by atoms with Gasteiger partial charge in [0, 0.05) is 40.7 Å². The van der Waals surface area contributed by atoms with Crippen LogP contribution in [0.15, 0.2) is 39.4 Å². The van der Waals surface area contributed by atoms with E-state index < -0.39 is 17.1 Å². The van der Waals surface area contributed by atoms with E-state index in [1.54, 1.807) is 24.4 Å². The molecule has 3 unspecified atom stereocenters. The molecule has 0 amide bonds. The van der Waals surface area contributed by atoms with Crippen molar-refractivity contribution in [1.82, 2.24) is 5.16 Å². The molecule has 2 heterocycles. The number of nitrogens with zero attached hydrogens (tertiary/aromatic N) is 2. The molecule has 2 N–H and O–H groups in total. The molecule has 4 aliphatic carbocycles. The molecule has 1 aromatic heterocycles. The summed E-state index contributed by atoms with van der Waals surface area (Å²) in [6.45, 7) is 2.26. The fourth-order valence-electron chi connectivity index (χ4n) is 8.06. The molecule has 2 bridgehead atoms. The Morgan fingerprint density at radius 1 is 1.18 bits per heavy atom. The van der Waals surface area contributed by atoms with Gasteiger partial charge in [-0.05, 0) is 75.5 Å². The predicted molar refractivity (Wildman–Crippen MR) is 143 cm³/mol. The number of aliphatic carboxylic acids is 1. The van der Waals surface area contributed by atoms with Crippen molar-refractivity contribution in [1.29, 1.82) is 0 Å². The van der Waals surface area contributed by atoms with Crippen LogP contribution in [-0.4, -0.2) is 44.8 Å². The van der Waals surface area contributed by atoms with E-state index in [9.17, 15) is 15.0 Å². The molecule has 0 radical (unpaired) electrons. The lowest BCUT2D eigenvalue weighted by Gasteiger charge is -2.54. The minimum absolute atomic E-state index is 0.00171. The first-order valence-electron chi connectivity index (χ1n) is 13.4. The molecule has 0 saturated heterocycles. The number of carboxylic acid groups (broad SMARTS) is 1. The van der Waals surface area contributed by atoms with Crippen molar-refractivity contribution < 1.29 is 24.3 Å². The normalized spacial score (nSPS) is 37.2. The summed E-state index contributed by atoms with van der Waals surface area (Å²) in [4.78, 5) is 16.5. The monoisotopic (exact) mass is 556 g/mol. The number of carboxylic acids is 1. The molecule has 9 heteroatoms. The van der Waals surface area contributed by atoms with E-state index in [1.165, 1.54) is 0 Å². The van der Waals surface area contributed by atoms with Crippen LogP contribution in [0.2, 0.25) is 10.0 Å². The lowest BCUT2D eigenvalue weighted by Crippen LogP contribution is -2.63. The summed E-state index contributed by atoms with van der Waals surface area (Å²) in [7, 11) is 0. The molecule has 200 valence electrons. The van der Waals surface area contributed by atoms with Gasteiger partial charge in [-0.25, -0.2) is 4.79 Å². The summed E-state index contributed by atoms with van der Waals surface area (Å²) >= 11 is 13.0. The van der Waals surface area contributed by atoms with E-state index in [4.69, 9.17) is 37.5 Å². The molecule has 7 nitrogen and oxygen atoms in total. The number of benzene rings is 1. The number of ether oxygens (including phenoxy) is 1. The second-order valence-corrected chi connectivity index (χ2v) is 12.9.